The van der Waals surface area contributed by atoms with Crippen molar-refractivity contribution in [1.82, 2.24) is 29.3 Å². The number of nitrogens with zero attached hydrogens (tertiary/aromatic N) is 5. The molecule has 60 heavy (non-hydrogen) atoms. The van der Waals surface area contributed by atoms with E-state index < -0.39 is 59.8 Å². The van der Waals surface area contributed by atoms with Gasteiger partial charge in [-0.2, -0.15) is 4.67 Å². The predicted octanol–water partition coefficient (Wildman–Crippen LogP) is 6.37. The van der Waals surface area contributed by atoms with Crippen LogP contribution in [-0.4, -0.2) is 84.9 Å². The Hall–Kier alpha value is -4.45. The largest absolute Gasteiger partial charge is 0.519 e. The number of hydrogen-bond donors (Lipinski definition) is 2. The van der Waals surface area contributed by atoms with E-state index in [1.807, 2.05) is 0 Å². The van der Waals surface area contributed by atoms with Crippen LogP contribution in [0.3, 0.4) is 0 Å². The van der Waals surface area contributed by atoms with E-state index in [0.717, 1.165) is 38.5 Å². The van der Waals surface area contributed by atoms with Crippen LogP contribution in [0.25, 0.3) is 11.2 Å². The summed E-state index contributed by atoms with van der Waals surface area (Å²) in [5, 5.41) is 5.70. The van der Waals surface area contributed by atoms with E-state index in [1.54, 1.807) is 46.1 Å². The molecule has 1 amide bonds. The van der Waals surface area contributed by atoms with E-state index in [-0.39, 0.29) is 62.9 Å². The van der Waals surface area contributed by atoms with Crippen LogP contribution in [0.2, 0.25) is 0 Å². The lowest BCUT2D eigenvalue weighted by Crippen LogP contribution is -2.77. The van der Waals surface area contributed by atoms with E-state index >= 15 is 0 Å². The standard InChI is InChI=1S/C40H62N7O12P/c1-10-12-14-16-18-54-35(50)39(7,8)47-40(9,36(51)55-19-17-15-13-11-2)45-60(47,53)26-57-27(3)22-46-25-43-32-33(41-24-42-34(32)46)44-30(48)20-38(5,6)21-31(49)56-23-29-28(4)58-37(52)59-29/h24-25,27H,10-23,26H2,1-9H3,(H,45,53)(H,41,42,44,48)/t27-,40?,60?/m1/s1. The highest BCUT2D eigenvalue weighted by molar-refractivity contribution is 7.61. The molecular formula is C40H62N7O12P. The van der Waals surface area contributed by atoms with Crippen molar-refractivity contribution in [2.24, 2.45) is 5.41 Å². The van der Waals surface area contributed by atoms with Crippen LogP contribution in [0, 0.1) is 12.3 Å². The number of nitrogens with one attached hydrogen (secondary N) is 2. The van der Waals surface area contributed by atoms with Crippen molar-refractivity contribution in [3.63, 3.8) is 0 Å². The van der Waals surface area contributed by atoms with Gasteiger partial charge in [-0.3, -0.25) is 18.9 Å². The maximum Gasteiger partial charge on any atom is 0.519 e. The minimum atomic E-state index is -3.70. The normalized spacial score (nSPS) is 18.8. The summed E-state index contributed by atoms with van der Waals surface area (Å²) in [6, 6.07) is 0. The van der Waals surface area contributed by atoms with Crippen molar-refractivity contribution in [3.05, 3.63) is 34.8 Å². The molecule has 1 aliphatic rings. The average molecular weight is 864 g/mol. The molecular weight excluding hydrogens is 801 g/mol. The lowest BCUT2D eigenvalue weighted by atomic mass is 9.85. The van der Waals surface area contributed by atoms with Crippen molar-refractivity contribution in [1.29, 1.82) is 0 Å². The van der Waals surface area contributed by atoms with E-state index in [1.165, 1.54) is 24.2 Å². The number of hydrogen-bond acceptors (Lipinski definition) is 15. The average Bonchev–Trinajstić information content (AvgIpc) is 3.72. The van der Waals surface area contributed by atoms with Gasteiger partial charge in [0.15, 0.2) is 40.8 Å². The summed E-state index contributed by atoms with van der Waals surface area (Å²) >= 11 is 0. The molecule has 19 nitrogen and oxygen atoms in total. The number of carbonyl (C=O) groups excluding carboxylic acids is 4. The number of rotatable bonds is 25. The molecule has 20 heteroatoms. The van der Waals surface area contributed by atoms with E-state index in [9.17, 15) is 28.5 Å². The second kappa shape index (κ2) is 20.9. The Morgan fingerprint density at radius 3 is 2.23 bits per heavy atom. The van der Waals surface area contributed by atoms with Crippen LogP contribution in [0.1, 0.15) is 131 Å². The van der Waals surface area contributed by atoms with Crippen LogP contribution in [0.5, 0.6) is 0 Å². The van der Waals surface area contributed by atoms with Crippen LogP contribution in [0.15, 0.2) is 26.3 Å². The number of aryl methyl sites for hydroxylation is 1. The molecule has 0 spiro atoms. The third-order valence-corrected chi connectivity index (χ3v) is 13.0. The minimum Gasteiger partial charge on any atom is -0.464 e. The Morgan fingerprint density at radius 1 is 0.933 bits per heavy atom. The molecule has 0 radical (unpaired) electrons. The molecule has 4 heterocycles. The summed E-state index contributed by atoms with van der Waals surface area (Å²) in [6.45, 7) is 16.0. The molecule has 3 aromatic heterocycles. The Bertz CT molecular complexity index is 2030. The highest BCUT2D eigenvalue weighted by Crippen LogP contribution is 2.63. The van der Waals surface area contributed by atoms with Gasteiger partial charge >= 0.3 is 23.7 Å². The quantitative estimate of drug-likeness (QED) is 0.0407. The molecule has 1 fully saturated rings. The zero-order valence-electron chi connectivity index (χ0n) is 36.4. The SMILES string of the molecule is CCCCCCOC(=O)C(C)(C)N1C(C)(C(=O)OCCCCCC)NP1(=O)CO[C@H](C)Cn1cnc2c(NC(=O)CC(C)(C)CC(=O)OCc3oc(=O)oc3C)ncnc21. The summed E-state index contributed by atoms with van der Waals surface area (Å²) in [5.41, 5.74) is -3.16. The van der Waals surface area contributed by atoms with Gasteiger partial charge in [0.05, 0.1) is 38.6 Å². The van der Waals surface area contributed by atoms with Gasteiger partial charge in [0.2, 0.25) is 13.4 Å². The summed E-state index contributed by atoms with van der Waals surface area (Å²) < 4.78 is 49.9. The number of amides is 1. The van der Waals surface area contributed by atoms with Crippen LogP contribution >= 0.6 is 7.44 Å². The molecule has 2 unspecified atom stereocenters. The van der Waals surface area contributed by atoms with Gasteiger partial charge in [-0.15, -0.1) is 0 Å². The van der Waals surface area contributed by atoms with Crippen LogP contribution in [-0.2, 0) is 55.8 Å². The number of carbonyl (C=O) groups is 4. The van der Waals surface area contributed by atoms with Gasteiger partial charge in [0.25, 0.3) is 0 Å². The Morgan fingerprint density at radius 2 is 1.60 bits per heavy atom. The molecule has 0 saturated carbocycles. The molecule has 0 bridgehead atoms. The maximum absolute atomic E-state index is 14.6. The van der Waals surface area contributed by atoms with E-state index in [0.29, 0.717) is 24.0 Å². The van der Waals surface area contributed by atoms with Gasteiger partial charge < -0.3 is 37.7 Å². The van der Waals surface area contributed by atoms with Gasteiger partial charge in [-0.25, -0.2) is 29.6 Å². The number of fused-ring (bicyclic) bond motifs is 1. The molecule has 3 atom stereocenters. The maximum atomic E-state index is 14.6. The fourth-order valence-corrected chi connectivity index (χ4v) is 10.3. The first-order valence-corrected chi connectivity index (χ1v) is 22.5. The topological polar surface area (TPSA) is 237 Å². The number of ether oxygens (including phenoxy) is 4. The monoisotopic (exact) mass is 863 g/mol. The Labute approximate surface area is 350 Å². The van der Waals surface area contributed by atoms with E-state index in [4.69, 9.17) is 27.8 Å². The predicted molar refractivity (Wildman–Crippen MR) is 219 cm³/mol. The molecule has 1 saturated heterocycles. The van der Waals surface area contributed by atoms with Crippen molar-refractivity contribution in [2.75, 3.05) is 24.9 Å². The zero-order valence-corrected chi connectivity index (χ0v) is 37.3. The highest BCUT2D eigenvalue weighted by atomic mass is 31.2. The first-order chi connectivity index (χ1) is 28.3. The third kappa shape index (κ3) is 12.3. The molecule has 0 aromatic carbocycles. The summed E-state index contributed by atoms with van der Waals surface area (Å²) in [4.78, 5) is 77.0. The first-order valence-electron chi connectivity index (χ1n) is 20.6. The molecule has 0 aliphatic carbocycles. The summed E-state index contributed by atoms with van der Waals surface area (Å²) in [7, 11) is -3.70. The van der Waals surface area contributed by atoms with Gasteiger partial charge in [0, 0.05) is 6.42 Å². The lowest BCUT2D eigenvalue weighted by molar-refractivity contribution is -0.170. The minimum absolute atomic E-state index is 0.0622. The second-order valence-electron chi connectivity index (χ2n) is 16.7. The molecule has 2 N–H and O–H groups in total. The van der Waals surface area contributed by atoms with Crippen molar-refractivity contribution in [3.8, 4) is 0 Å². The first kappa shape index (κ1) is 48.2. The fourth-order valence-electron chi connectivity index (χ4n) is 7.12. The van der Waals surface area contributed by atoms with Crippen LogP contribution < -0.4 is 16.2 Å². The molecule has 4 rings (SSSR count). The van der Waals surface area contributed by atoms with E-state index in [2.05, 4.69) is 39.2 Å². The smallest absolute Gasteiger partial charge is 0.464 e. The number of anilines is 1. The number of imidazole rings is 1. The fraction of sp³-hybridized carbons (Fsp3) is 0.700. The van der Waals surface area contributed by atoms with Gasteiger partial charge in [-0.05, 0) is 52.9 Å². The number of unbranched alkanes of at least 4 members (excludes halogenated alkanes) is 6. The number of aromatic nitrogens is 4. The summed E-state index contributed by atoms with van der Waals surface area (Å²) in [6.07, 6.45) is 9.02. The van der Waals surface area contributed by atoms with Gasteiger partial charge in [-0.1, -0.05) is 66.2 Å². The van der Waals surface area contributed by atoms with Crippen molar-refractivity contribution in [2.45, 2.75) is 157 Å². The lowest BCUT2D eigenvalue weighted by Gasteiger charge is -2.59. The Kier molecular flexibility index (Phi) is 16.8. The number of esters is 3. The second-order valence-corrected chi connectivity index (χ2v) is 19.0. The summed E-state index contributed by atoms with van der Waals surface area (Å²) in [5.74, 6) is -2.67. The van der Waals surface area contributed by atoms with Crippen molar-refractivity contribution >= 4 is 48.2 Å². The van der Waals surface area contributed by atoms with Crippen molar-refractivity contribution < 1.29 is 51.5 Å². The zero-order chi connectivity index (χ0) is 44.3. The highest BCUT2D eigenvalue weighted by Gasteiger charge is 2.68. The molecule has 3 aromatic rings. The molecule has 1 aliphatic heterocycles. The third-order valence-electron chi connectivity index (χ3n) is 10.1. The molecule has 334 valence electrons. The Balaban J connectivity index is 1.38. The van der Waals surface area contributed by atoms with Crippen LogP contribution in [0.4, 0.5) is 5.82 Å². The van der Waals surface area contributed by atoms with Gasteiger partial charge in [0.1, 0.15) is 18.2 Å².